The van der Waals surface area contributed by atoms with Gasteiger partial charge in [0, 0.05) is 18.5 Å². The Morgan fingerprint density at radius 1 is 1.00 bits per heavy atom. The number of esters is 1. The molecule has 29 heavy (non-hydrogen) atoms. The molecule has 0 fully saturated rings. The standard InChI is InChI=1S/C23H27NO5/c1-5-29-22(26)12-10-20(25)17-9-11-21(28-4)18(13-17)23(27)24-14-19-15(2)7-6-8-16(19)3/h6-9,11,13H,5,10,12,14H2,1-4H3,(H,24,27). The number of aryl methyl sites for hydroxylation is 2. The van der Waals surface area contributed by atoms with E-state index in [4.69, 9.17) is 9.47 Å². The van der Waals surface area contributed by atoms with Gasteiger partial charge in [0.1, 0.15) is 5.75 Å². The molecule has 6 heteroatoms. The number of hydrogen-bond donors (Lipinski definition) is 1. The van der Waals surface area contributed by atoms with Crippen LogP contribution in [0.25, 0.3) is 0 Å². The van der Waals surface area contributed by atoms with Gasteiger partial charge < -0.3 is 14.8 Å². The molecule has 0 heterocycles. The molecule has 0 aliphatic heterocycles. The maximum Gasteiger partial charge on any atom is 0.306 e. The molecule has 0 aliphatic rings. The van der Waals surface area contributed by atoms with Gasteiger partial charge in [0.15, 0.2) is 5.78 Å². The Morgan fingerprint density at radius 3 is 2.31 bits per heavy atom. The van der Waals surface area contributed by atoms with Gasteiger partial charge in [-0.25, -0.2) is 0 Å². The number of methoxy groups -OCH3 is 1. The second-order valence-electron chi connectivity index (χ2n) is 6.70. The molecule has 6 nitrogen and oxygen atoms in total. The fourth-order valence-corrected chi connectivity index (χ4v) is 3.04. The SMILES string of the molecule is CCOC(=O)CCC(=O)c1ccc(OC)c(C(=O)NCc2c(C)cccc2C)c1. The minimum absolute atomic E-state index is 0.00674. The lowest BCUT2D eigenvalue weighted by molar-refractivity contribution is -0.143. The Labute approximate surface area is 171 Å². The maximum atomic E-state index is 12.8. The third kappa shape index (κ3) is 5.91. The Morgan fingerprint density at radius 2 is 1.69 bits per heavy atom. The van der Waals surface area contributed by atoms with Gasteiger partial charge >= 0.3 is 5.97 Å². The third-order valence-electron chi connectivity index (χ3n) is 4.70. The van der Waals surface area contributed by atoms with Gasteiger partial charge in [-0.1, -0.05) is 18.2 Å². The highest BCUT2D eigenvalue weighted by atomic mass is 16.5. The van der Waals surface area contributed by atoms with Gasteiger partial charge in [0.25, 0.3) is 5.91 Å². The highest BCUT2D eigenvalue weighted by Crippen LogP contribution is 2.22. The summed E-state index contributed by atoms with van der Waals surface area (Å²) in [6, 6.07) is 10.7. The van der Waals surface area contributed by atoms with E-state index in [-0.39, 0.29) is 36.7 Å². The molecule has 1 N–H and O–H groups in total. The predicted octanol–water partition coefficient (Wildman–Crippen LogP) is 3.77. The van der Waals surface area contributed by atoms with Crippen molar-refractivity contribution in [2.75, 3.05) is 13.7 Å². The van der Waals surface area contributed by atoms with Gasteiger partial charge in [-0.3, -0.25) is 14.4 Å². The Bertz CT molecular complexity index is 884. The van der Waals surface area contributed by atoms with Crippen molar-refractivity contribution in [1.82, 2.24) is 5.32 Å². The summed E-state index contributed by atoms with van der Waals surface area (Å²) in [5, 5.41) is 2.90. The van der Waals surface area contributed by atoms with E-state index in [9.17, 15) is 14.4 Å². The lowest BCUT2D eigenvalue weighted by Crippen LogP contribution is -2.24. The van der Waals surface area contributed by atoms with Crippen LogP contribution in [0.1, 0.15) is 57.2 Å². The normalized spacial score (nSPS) is 10.3. The van der Waals surface area contributed by atoms with E-state index < -0.39 is 5.97 Å². The average molecular weight is 397 g/mol. The molecule has 0 saturated carbocycles. The van der Waals surface area contributed by atoms with E-state index in [1.54, 1.807) is 19.1 Å². The maximum absolute atomic E-state index is 12.8. The van der Waals surface area contributed by atoms with Crippen molar-refractivity contribution < 1.29 is 23.9 Å². The second-order valence-corrected chi connectivity index (χ2v) is 6.70. The monoisotopic (exact) mass is 397 g/mol. The largest absolute Gasteiger partial charge is 0.496 e. The summed E-state index contributed by atoms with van der Waals surface area (Å²) in [6.45, 7) is 6.37. The van der Waals surface area contributed by atoms with Crippen molar-refractivity contribution in [2.45, 2.75) is 40.2 Å². The molecule has 0 radical (unpaired) electrons. The number of ether oxygens (including phenoxy) is 2. The van der Waals surface area contributed by atoms with Gasteiger partial charge in [-0.15, -0.1) is 0 Å². The minimum atomic E-state index is -0.416. The van der Waals surface area contributed by atoms with Crippen LogP contribution in [-0.2, 0) is 16.1 Å². The summed E-state index contributed by atoms with van der Waals surface area (Å²) in [5.74, 6) is -0.596. The zero-order valence-corrected chi connectivity index (χ0v) is 17.3. The molecule has 154 valence electrons. The molecule has 1 amide bonds. The number of nitrogens with one attached hydrogen (secondary N) is 1. The molecule has 0 bridgehead atoms. The molecule has 0 unspecified atom stereocenters. The van der Waals surface area contributed by atoms with Crippen LogP contribution in [0.3, 0.4) is 0 Å². The Hall–Kier alpha value is -3.15. The first-order valence-electron chi connectivity index (χ1n) is 9.57. The van der Waals surface area contributed by atoms with Crippen LogP contribution >= 0.6 is 0 Å². The molecule has 2 aromatic rings. The van der Waals surface area contributed by atoms with E-state index in [2.05, 4.69) is 5.32 Å². The van der Waals surface area contributed by atoms with Crippen LogP contribution in [0.15, 0.2) is 36.4 Å². The summed E-state index contributed by atoms with van der Waals surface area (Å²) < 4.78 is 10.1. The van der Waals surface area contributed by atoms with E-state index in [0.29, 0.717) is 17.9 Å². The number of hydrogen-bond acceptors (Lipinski definition) is 5. The van der Waals surface area contributed by atoms with Crippen LogP contribution in [0.5, 0.6) is 5.75 Å². The molecular weight excluding hydrogens is 370 g/mol. The zero-order valence-electron chi connectivity index (χ0n) is 17.3. The van der Waals surface area contributed by atoms with E-state index >= 15 is 0 Å². The van der Waals surface area contributed by atoms with Gasteiger partial charge in [0.2, 0.25) is 0 Å². The summed E-state index contributed by atoms with van der Waals surface area (Å²) in [6.07, 6.45) is 0.0292. The van der Waals surface area contributed by atoms with Gasteiger partial charge in [-0.05, 0) is 55.7 Å². The van der Waals surface area contributed by atoms with Crippen molar-refractivity contribution >= 4 is 17.7 Å². The van der Waals surface area contributed by atoms with Crippen molar-refractivity contribution in [1.29, 1.82) is 0 Å². The average Bonchev–Trinajstić information content (AvgIpc) is 2.71. The van der Waals surface area contributed by atoms with E-state index in [1.807, 2.05) is 32.0 Å². The molecule has 2 aromatic carbocycles. The van der Waals surface area contributed by atoms with Crippen LogP contribution in [-0.4, -0.2) is 31.4 Å². The molecule has 0 aromatic heterocycles. The Balaban J connectivity index is 2.14. The zero-order chi connectivity index (χ0) is 21.4. The highest BCUT2D eigenvalue weighted by molar-refractivity contribution is 6.02. The minimum Gasteiger partial charge on any atom is -0.496 e. The second kappa shape index (κ2) is 10.4. The fourth-order valence-electron chi connectivity index (χ4n) is 3.04. The summed E-state index contributed by atoms with van der Waals surface area (Å²) >= 11 is 0. The number of carbonyl (C=O) groups excluding carboxylic acids is 3. The number of amides is 1. The summed E-state index contributed by atoms with van der Waals surface area (Å²) in [4.78, 5) is 36.7. The van der Waals surface area contributed by atoms with Crippen molar-refractivity contribution in [2.24, 2.45) is 0 Å². The van der Waals surface area contributed by atoms with Crippen molar-refractivity contribution in [3.05, 3.63) is 64.2 Å². The Kier molecular flexibility index (Phi) is 7.95. The number of rotatable bonds is 9. The topological polar surface area (TPSA) is 81.7 Å². The first-order chi connectivity index (χ1) is 13.9. The molecule has 2 rings (SSSR count). The lowest BCUT2D eigenvalue weighted by Gasteiger charge is -2.13. The predicted molar refractivity (Wildman–Crippen MR) is 110 cm³/mol. The number of ketones is 1. The summed E-state index contributed by atoms with van der Waals surface area (Å²) in [5.41, 5.74) is 3.88. The van der Waals surface area contributed by atoms with Crippen LogP contribution in [0.2, 0.25) is 0 Å². The molecule has 0 spiro atoms. The van der Waals surface area contributed by atoms with E-state index in [1.165, 1.54) is 13.2 Å². The van der Waals surface area contributed by atoms with Gasteiger partial charge in [-0.2, -0.15) is 0 Å². The molecule has 0 aliphatic carbocycles. The first-order valence-corrected chi connectivity index (χ1v) is 9.57. The van der Waals surface area contributed by atoms with Crippen LogP contribution < -0.4 is 10.1 Å². The number of carbonyl (C=O) groups is 3. The lowest BCUT2D eigenvalue weighted by atomic mass is 10.0. The fraction of sp³-hybridized carbons (Fsp3) is 0.348. The van der Waals surface area contributed by atoms with E-state index in [0.717, 1.165) is 16.7 Å². The first kappa shape index (κ1) is 22.1. The molecular formula is C23H27NO5. The van der Waals surface area contributed by atoms with Crippen LogP contribution in [0.4, 0.5) is 0 Å². The quantitative estimate of drug-likeness (QED) is 0.515. The van der Waals surface area contributed by atoms with Crippen LogP contribution in [0, 0.1) is 13.8 Å². The van der Waals surface area contributed by atoms with Gasteiger partial charge in [0.05, 0.1) is 25.7 Å². The number of Topliss-reactive ketones (excluding diaryl/α,β-unsaturated/α-hetero) is 1. The van der Waals surface area contributed by atoms with Crippen molar-refractivity contribution in [3.63, 3.8) is 0 Å². The number of benzene rings is 2. The molecule has 0 saturated heterocycles. The molecule has 0 atom stereocenters. The van der Waals surface area contributed by atoms with Crippen molar-refractivity contribution in [3.8, 4) is 5.75 Å². The third-order valence-corrected chi connectivity index (χ3v) is 4.70. The smallest absolute Gasteiger partial charge is 0.306 e. The summed E-state index contributed by atoms with van der Waals surface area (Å²) in [7, 11) is 1.47. The highest BCUT2D eigenvalue weighted by Gasteiger charge is 2.17.